The molecule has 2 aliphatic heterocycles. The van der Waals surface area contributed by atoms with Gasteiger partial charge in [-0.1, -0.05) is 0 Å². The van der Waals surface area contributed by atoms with Gasteiger partial charge in [-0.3, -0.25) is 28.9 Å². The summed E-state index contributed by atoms with van der Waals surface area (Å²) in [5.41, 5.74) is -0.907. The summed E-state index contributed by atoms with van der Waals surface area (Å²) in [5, 5.41) is 2.73. The van der Waals surface area contributed by atoms with E-state index >= 15 is 0 Å². The zero-order chi connectivity index (χ0) is 26.8. The van der Waals surface area contributed by atoms with E-state index in [0.29, 0.717) is 58.4 Å². The van der Waals surface area contributed by atoms with Gasteiger partial charge in [0.2, 0.25) is 11.8 Å². The van der Waals surface area contributed by atoms with Crippen molar-refractivity contribution in [2.45, 2.75) is 83.8 Å². The average Bonchev–Trinajstić information content (AvgIpc) is 3.36. The van der Waals surface area contributed by atoms with E-state index in [9.17, 15) is 24.0 Å². The summed E-state index contributed by atoms with van der Waals surface area (Å²) in [7, 11) is 0. The van der Waals surface area contributed by atoms with Crippen molar-refractivity contribution in [3.05, 3.63) is 12.2 Å². The number of hydrogen-bond acceptors (Lipinski definition) is 7. The number of ether oxygens (including phenoxy) is 2. The summed E-state index contributed by atoms with van der Waals surface area (Å²) in [6, 6.07) is 0. The van der Waals surface area contributed by atoms with Gasteiger partial charge in [-0.05, 0) is 47.0 Å². The molecule has 0 radical (unpaired) electrons. The number of carbonyl (C=O) groups excluding carboxylic acids is 5. The van der Waals surface area contributed by atoms with Gasteiger partial charge in [-0.15, -0.1) is 0 Å². The summed E-state index contributed by atoms with van der Waals surface area (Å²) in [6.07, 6.45) is 5.97. The Morgan fingerprint density at radius 3 is 2.17 bits per heavy atom. The molecule has 2 aliphatic rings. The number of nitrogens with one attached hydrogen (secondary N) is 1. The minimum atomic E-state index is -0.459. The molecule has 2 rings (SSSR count). The van der Waals surface area contributed by atoms with Gasteiger partial charge < -0.3 is 19.7 Å². The first-order chi connectivity index (χ1) is 16.9. The molecule has 0 aromatic rings. The molecule has 0 unspecified atom stereocenters. The van der Waals surface area contributed by atoms with Gasteiger partial charge in [0.1, 0.15) is 5.78 Å². The van der Waals surface area contributed by atoms with E-state index in [-0.39, 0.29) is 30.6 Å². The van der Waals surface area contributed by atoms with Crippen LogP contribution in [0.25, 0.3) is 0 Å². The monoisotopic (exact) mass is 507 g/mol. The molecule has 0 spiro atoms. The van der Waals surface area contributed by atoms with E-state index in [1.54, 1.807) is 4.90 Å². The quantitative estimate of drug-likeness (QED) is 0.235. The predicted octanol–water partition coefficient (Wildman–Crippen LogP) is 1.76. The van der Waals surface area contributed by atoms with Crippen LogP contribution in [0.2, 0.25) is 0 Å². The van der Waals surface area contributed by atoms with E-state index in [4.69, 9.17) is 9.47 Å². The van der Waals surface area contributed by atoms with Crippen LogP contribution in [-0.2, 0) is 33.4 Å². The maximum atomic E-state index is 12.2. The molecule has 0 saturated carbocycles. The second-order valence-corrected chi connectivity index (χ2v) is 10.5. The van der Waals surface area contributed by atoms with Crippen molar-refractivity contribution in [3.63, 3.8) is 0 Å². The number of amides is 4. The van der Waals surface area contributed by atoms with Crippen molar-refractivity contribution in [2.24, 2.45) is 0 Å². The van der Waals surface area contributed by atoms with Crippen molar-refractivity contribution < 1.29 is 33.4 Å². The third-order valence-corrected chi connectivity index (χ3v) is 6.41. The van der Waals surface area contributed by atoms with Crippen molar-refractivity contribution in [1.29, 1.82) is 0 Å². The van der Waals surface area contributed by atoms with Gasteiger partial charge in [0.25, 0.3) is 11.8 Å². The highest BCUT2D eigenvalue weighted by Gasteiger charge is 2.25. The van der Waals surface area contributed by atoms with Crippen LogP contribution in [0.4, 0.5) is 0 Å². The Labute approximate surface area is 213 Å². The molecule has 2 heterocycles. The maximum Gasteiger partial charge on any atom is 0.253 e. The highest BCUT2D eigenvalue weighted by atomic mass is 16.5. The first kappa shape index (κ1) is 29.6. The summed E-state index contributed by atoms with van der Waals surface area (Å²) in [6.45, 7) is 10.3. The first-order valence-corrected chi connectivity index (χ1v) is 12.8. The van der Waals surface area contributed by atoms with Gasteiger partial charge in [0.05, 0.1) is 24.4 Å². The van der Waals surface area contributed by atoms with E-state index in [1.807, 2.05) is 27.7 Å². The Balaban J connectivity index is 1.54. The number of hydrogen-bond donors (Lipinski definition) is 1. The molecular formula is C26H41N3O7. The third kappa shape index (κ3) is 10.6. The fourth-order valence-corrected chi connectivity index (χ4v) is 3.95. The fourth-order valence-electron chi connectivity index (χ4n) is 3.95. The molecule has 36 heavy (non-hydrogen) atoms. The van der Waals surface area contributed by atoms with Crippen LogP contribution in [-0.4, -0.2) is 89.8 Å². The molecule has 0 atom stereocenters. The first-order valence-electron chi connectivity index (χ1n) is 12.8. The van der Waals surface area contributed by atoms with Gasteiger partial charge >= 0.3 is 0 Å². The van der Waals surface area contributed by atoms with Crippen LogP contribution in [0.1, 0.15) is 72.6 Å². The van der Waals surface area contributed by atoms with Crippen LogP contribution >= 0.6 is 0 Å². The van der Waals surface area contributed by atoms with E-state index in [0.717, 1.165) is 17.9 Å². The van der Waals surface area contributed by atoms with Crippen LogP contribution in [0.15, 0.2) is 12.2 Å². The number of likely N-dealkylation sites (tertiary alicyclic amines) is 1. The largest absolute Gasteiger partial charge is 0.375 e. The SMILES string of the molecule is CC(C)(CCOC(C)(C)CCC(=O)CCN1CCCC1=O)OCCNC(=O)CCN1C(=O)C=CC1=O. The van der Waals surface area contributed by atoms with Crippen molar-refractivity contribution in [3.8, 4) is 0 Å². The van der Waals surface area contributed by atoms with E-state index < -0.39 is 23.0 Å². The Morgan fingerprint density at radius 1 is 0.889 bits per heavy atom. The third-order valence-electron chi connectivity index (χ3n) is 6.41. The second kappa shape index (κ2) is 13.6. The molecule has 1 saturated heterocycles. The van der Waals surface area contributed by atoms with Gasteiger partial charge in [-0.25, -0.2) is 0 Å². The lowest BCUT2D eigenvalue weighted by molar-refractivity contribution is -0.137. The maximum absolute atomic E-state index is 12.2. The number of nitrogens with zero attached hydrogens (tertiary/aromatic N) is 2. The number of rotatable bonds is 17. The fraction of sp³-hybridized carbons (Fsp3) is 0.731. The number of imide groups is 1. The molecule has 0 aromatic carbocycles. The second-order valence-electron chi connectivity index (χ2n) is 10.5. The van der Waals surface area contributed by atoms with E-state index in [1.165, 1.54) is 12.2 Å². The molecule has 4 amide bonds. The van der Waals surface area contributed by atoms with E-state index in [2.05, 4.69) is 5.32 Å². The van der Waals surface area contributed by atoms with Crippen molar-refractivity contribution in [2.75, 3.05) is 39.4 Å². The molecule has 10 heteroatoms. The molecular weight excluding hydrogens is 466 g/mol. The molecule has 1 N–H and O–H groups in total. The van der Waals surface area contributed by atoms with Crippen LogP contribution < -0.4 is 5.32 Å². The smallest absolute Gasteiger partial charge is 0.253 e. The van der Waals surface area contributed by atoms with Gasteiger partial charge in [-0.2, -0.15) is 0 Å². The average molecular weight is 508 g/mol. The standard InChI is InChI=1S/C26H41N3O7/c1-25(2,12-9-20(30)10-16-28-15-5-6-22(28)32)35-18-13-26(3,4)36-19-14-27-21(31)11-17-29-23(33)7-8-24(29)34/h7-8H,5-6,9-19H2,1-4H3,(H,27,31). The number of Topliss-reactive ketones (excluding diaryl/α,β-unsaturated/α-hetero) is 1. The van der Waals surface area contributed by atoms with Crippen LogP contribution in [0, 0.1) is 0 Å². The summed E-state index contributed by atoms with van der Waals surface area (Å²) < 4.78 is 11.9. The Morgan fingerprint density at radius 2 is 1.53 bits per heavy atom. The molecule has 0 aliphatic carbocycles. The molecule has 0 bridgehead atoms. The molecule has 0 aromatic heterocycles. The normalized spacial score (nSPS) is 16.4. The Bertz CT molecular complexity index is 832. The molecule has 202 valence electrons. The number of carbonyl (C=O) groups is 5. The predicted molar refractivity (Wildman–Crippen MR) is 133 cm³/mol. The molecule has 10 nitrogen and oxygen atoms in total. The lowest BCUT2D eigenvalue weighted by Crippen LogP contribution is -2.37. The van der Waals surface area contributed by atoms with Crippen molar-refractivity contribution in [1.82, 2.24) is 15.1 Å². The summed E-state index contributed by atoms with van der Waals surface area (Å²) in [5.74, 6) is -0.762. The van der Waals surface area contributed by atoms with Crippen molar-refractivity contribution >= 4 is 29.4 Å². The number of ketones is 1. The summed E-state index contributed by atoms with van der Waals surface area (Å²) >= 11 is 0. The highest BCUT2D eigenvalue weighted by Crippen LogP contribution is 2.21. The minimum absolute atomic E-state index is 0.0460. The zero-order valence-electron chi connectivity index (χ0n) is 22.1. The summed E-state index contributed by atoms with van der Waals surface area (Å²) in [4.78, 5) is 61.6. The van der Waals surface area contributed by atoms with Crippen LogP contribution in [0.3, 0.4) is 0 Å². The topological polar surface area (TPSA) is 122 Å². The van der Waals surface area contributed by atoms with Gasteiger partial charge in [0, 0.05) is 64.0 Å². The highest BCUT2D eigenvalue weighted by molar-refractivity contribution is 6.13. The lowest BCUT2D eigenvalue weighted by Gasteiger charge is -2.30. The zero-order valence-corrected chi connectivity index (χ0v) is 22.1. The Kier molecular flexibility index (Phi) is 11.2. The Hall–Kier alpha value is -2.59. The van der Waals surface area contributed by atoms with Gasteiger partial charge in [0.15, 0.2) is 0 Å². The lowest BCUT2D eigenvalue weighted by atomic mass is 9.99. The van der Waals surface area contributed by atoms with Crippen LogP contribution in [0.5, 0.6) is 0 Å². The molecule has 1 fully saturated rings. The minimum Gasteiger partial charge on any atom is -0.375 e.